The Hall–Kier alpha value is -2.29. The molecule has 0 aliphatic carbocycles. The molecule has 0 N–H and O–H groups in total. The van der Waals surface area contributed by atoms with Gasteiger partial charge in [-0.15, -0.1) is 0 Å². The normalized spacial score (nSPS) is 16.1. The molecule has 1 aliphatic rings. The van der Waals surface area contributed by atoms with E-state index in [0.29, 0.717) is 18.8 Å². The summed E-state index contributed by atoms with van der Waals surface area (Å²) in [5.74, 6) is 0.564. The van der Waals surface area contributed by atoms with Gasteiger partial charge in [-0.25, -0.2) is 0 Å². The van der Waals surface area contributed by atoms with E-state index in [1.165, 1.54) is 19.4 Å². The molecule has 1 aliphatic heterocycles. The second-order valence-corrected chi connectivity index (χ2v) is 7.62. The van der Waals surface area contributed by atoms with Gasteiger partial charge in [0.1, 0.15) is 0 Å². The number of allylic oxidation sites excluding steroid dienone is 2. The molecular weight excluding hydrogens is 534 g/mol. The van der Waals surface area contributed by atoms with Gasteiger partial charge in [0, 0.05) is 0 Å². The van der Waals surface area contributed by atoms with Crippen LogP contribution >= 0.6 is 0 Å². The molecule has 1 amide bonds. The molecule has 150 valence electrons. The fourth-order valence-corrected chi connectivity index (χ4v) is 4.02. The Morgan fingerprint density at radius 1 is 1.07 bits per heavy atom. The Balaban J connectivity index is 1.61. The van der Waals surface area contributed by atoms with Crippen molar-refractivity contribution in [3.05, 3.63) is 90.5 Å². The molecule has 1 unspecified atom stereocenters. The Kier molecular flexibility index (Phi) is 8.15. The monoisotopic (exact) mass is 558 g/mol. The van der Waals surface area contributed by atoms with Gasteiger partial charge in [-0.3, -0.25) is 0 Å². The topological polar surface area (TPSA) is 38.8 Å². The molecule has 0 saturated carbocycles. The number of ether oxygens (including phenoxy) is 2. The summed E-state index contributed by atoms with van der Waals surface area (Å²) in [4.78, 5) is 14.1. The van der Waals surface area contributed by atoms with Crippen LogP contribution in [0.2, 0.25) is 0 Å². The van der Waals surface area contributed by atoms with Gasteiger partial charge in [0.15, 0.2) is 0 Å². The number of amides is 1. The van der Waals surface area contributed by atoms with Gasteiger partial charge in [-0.1, -0.05) is 18.2 Å². The summed E-state index contributed by atoms with van der Waals surface area (Å²) >= 11 is 1.34. The Labute approximate surface area is 183 Å². The first-order chi connectivity index (χ1) is 14.2. The second kappa shape index (κ2) is 11.0. The molecule has 2 aromatic rings. The van der Waals surface area contributed by atoms with E-state index < -0.39 is 0 Å². The van der Waals surface area contributed by atoms with Crippen LogP contribution in [0.15, 0.2) is 78.4 Å². The first kappa shape index (κ1) is 21.4. The number of benzene rings is 2. The first-order valence-corrected chi connectivity index (χ1v) is 11.3. The van der Waals surface area contributed by atoms with Crippen LogP contribution in [-0.4, -0.2) is 34.6 Å². The number of carbonyl (C=O) groups excluding carboxylic acids is 1. The number of para-hydroxylation sites is 1. The van der Waals surface area contributed by atoms with Crippen LogP contribution in [-0.2, 0) is 24.1 Å². The van der Waals surface area contributed by atoms with E-state index in [4.69, 9.17) is 16.1 Å². The molecule has 1 saturated heterocycles. The summed E-state index contributed by atoms with van der Waals surface area (Å²) in [6, 6.07) is 19.3. The molecule has 0 aromatic heterocycles. The van der Waals surface area contributed by atoms with Crippen molar-refractivity contribution in [1.29, 1.82) is 0 Å². The molecule has 2 aromatic carbocycles. The summed E-state index contributed by atoms with van der Waals surface area (Å²) in [5, 5.41) is 0. The molecule has 1 atom stereocenters. The van der Waals surface area contributed by atoms with Crippen LogP contribution in [0.25, 0.3) is 0 Å². The van der Waals surface area contributed by atoms with Crippen molar-refractivity contribution in [3.8, 4) is 5.75 Å². The number of rotatable bonds is 7. The third-order valence-corrected chi connectivity index (χ3v) is 5.78. The second-order valence-electron chi connectivity index (χ2n) is 6.77. The maximum atomic E-state index is 12.4. The molecule has 3 rings (SSSR count). The average Bonchev–Trinajstić information content (AvgIpc) is 2.78. The maximum absolute atomic E-state index is 12.4. The van der Waals surface area contributed by atoms with Crippen molar-refractivity contribution >= 4 is 10.5 Å². The van der Waals surface area contributed by atoms with Gasteiger partial charge >= 0.3 is 165 Å². The zero-order valence-corrected chi connectivity index (χ0v) is 19.1. The van der Waals surface area contributed by atoms with Crippen molar-refractivity contribution in [3.63, 3.8) is 0 Å². The SMILES string of the molecule is [CH-]=C/C=C(\[CH]=[W])C(OC1CCN(C(=O)Oc2ccccc2)CC1)c1ccccc1. The summed E-state index contributed by atoms with van der Waals surface area (Å²) in [5.41, 5.74) is 2.16. The quantitative estimate of drug-likeness (QED) is 0.367. The number of piperidine rings is 1. The first-order valence-electron chi connectivity index (χ1n) is 9.63. The van der Waals surface area contributed by atoms with Gasteiger partial charge in [-0.2, -0.15) is 0 Å². The molecular formula is C24H24NO3W-. The van der Waals surface area contributed by atoms with E-state index in [1.807, 2.05) is 42.5 Å². The summed E-state index contributed by atoms with van der Waals surface area (Å²) < 4.78 is 14.0. The van der Waals surface area contributed by atoms with Crippen LogP contribution in [0.4, 0.5) is 4.79 Å². The fraction of sp³-hybridized carbons (Fsp3) is 0.250. The van der Waals surface area contributed by atoms with Crippen LogP contribution < -0.4 is 4.74 Å². The van der Waals surface area contributed by atoms with E-state index in [1.54, 1.807) is 23.1 Å². The summed E-state index contributed by atoms with van der Waals surface area (Å²) in [6.45, 7) is 6.87. The number of carbonyl (C=O) groups is 1. The van der Waals surface area contributed by atoms with Gasteiger partial charge < -0.3 is 0 Å². The molecule has 0 radical (unpaired) electrons. The van der Waals surface area contributed by atoms with Crippen molar-refractivity contribution in [2.45, 2.75) is 25.0 Å². The average molecular weight is 558 g/mol. The summed E-state index contributed by atoms with van der Waals surface area (Å²) in [6.07, 6.45) is 4.58. The van der Waals surface area contributed by atoms with E-state index in [2.05, 4.69) is 16.5 Å². The molecule has 4 nitrogen and oxygen atoms in total. The van der Waals surface area contributed by atoms with Crippen LogP contribution in [0.3, 0.4) is 0 Å². The molecule has 5 heteroatoms. The van der Waals surface area contributed by atoms with Gasteiger partial charge in [0.25, 0.3) is 0 Å². The predicted molar refractivity (Wildman–Crippen MR) is 110 cm³/mol. The van der Waals surface area contributed by atoms with E-state index in [0.717, 1.165) is 24.0 Å². The fourth-order valence-electron chi connectivity index (χ4n) is 3.30. The van der Waals surface area contributed by atoms with Gasteiger partial charge in [0.05, 0.1) is 0 Å². The molecule has 1 fully saturated rings. The Morgan fingerprint density at radius 3 is 2.28 bits per heavy atom. The zero-order chi connectivity index (χ0) is 20.5. The minimum atomic E-state index is -0.307. The zero-order valence-electron chi connectivity index (χ0n) is 16.1. The van der Waals surface area contributed by atoms with Crippen molar-refractivity contribution in [1.82, 2.24) is 4.90 Å². The van der Waals surface area contributed by atoms with Crippen LogP contribution in [0, 0.1) is 6.58 Å². The minimum absolute atomic E-state index is 0.0668. The molecule has 29 heavy (non-hydrogen) atoms. The summed E-state index contributed by atoms with van der Waals surface area (Å²) in [7, 11) is 0. The van der Waals surface area contributed by atoms with Crippen molar-refractivity contribution in [2.75, 3.05) is 13.1 Å². The Morgan fingerprint density at radius 2 is 1.69 bits per heavy atom. The van der Waals surface area contributed by atoms with Crippen molar-refractivity contribution in [2.24, 2.45) is 0 Å². The van der Waals surface area contributed by atoms with Gasteiger partial charge in [-0.05, 0) is 0 Å². The number of hydrogen-bond acceptors (Lipinski definition) is 3. The molecule has 0 spiro atoms. The van der Waals surface area contributed by atoms with E-state index in [-0.39, 0.29) is 18.3 Å². The predicted octanol–water partition coefficient (Wildman–Crippen LogP) is 4.67. The number of likely N-dealkylation sites (tertiary alicyclic amines) is 1. The number of nitrogens with zero attached hydrogens (tertiary/aromatic N) is 1. The number of hydrogen-bond donors (Lipinski definition) is 0. The van der Waals surface area contributed by atoms with E-state index in [9.17, 15) is 4.79 Å². The Bertz CT molecular complexity index is 843. The van der Waals surface area contributed by atoms with Crippen LogP contribution in [0.5, 0.6) is 5.75 Å². The van der Waals surface area contributed by atoms with Crippen molar-refractivity contribution < 1.29 is 33.6 Å². The van der Waals surface area contributed by atoms with Crippen LogP contribution in [0.1, 0.15) is 24.5 Å². The standard InChI is InChI=1S/C24H24NO3.W/c1-3-10-19(2)23(20-11-6-4-7-12-20)27-22-15-17-25(18-16-22)24(26)28-21-13-8-5-9-14-21;/h1-14,22-23H,15-18H2;/q-1;/b19-10+;. The third-order valence-electron chi connectivity index (χ3n) is 4.81. The molecule has 0 bridgehead atoms. The van der Waals surface area contributed by atoms with Gasteiger partial charge in [0.2, 0.25) is 0 Å². The van der Waals surface area contributed by atoms with E-state index >= 15 is 0 Å². The third kappa shape index (κ3) is 6.09. The molecule has 1 heterocycles.